The molecule has 0 aromatic heterocycles. The molecule has 0 saturated heterocycles. The van der Waals surface area contributed by atoms with Crippen LogP contribution < -0.4 is 0 Å². The highest BCUT2D eigenvalue weighted by atomic mass is 79.9. The number of carbonyl (C=O) groups is 1. The summed E-state index contributed by atoms with van der Waals surface area (Å²) in [5.41, 5.74) is 0.597. The minimum atomic E-state index is 0.0133. The Labute approximate surface area is 126 Å². The lowest BCUT2D eigenvalue weighted by molar-refractivity contribution is 0.0765. The van der Waals surface area contributed by atoms with Crippen LogP contribution in [0.1, 0.15) is 23.7 Å². The van der Waals surface area contributed by atoms with E-state index in [4.69, 9.17) is 11.6 Å². The fraction of sp³-hybridized carbons (Fsp3) is 0.462. The number of amides is 1. The van der Waals surface area contributed by atoms with Crippen molar-refractivity contribution in [3.63, 3.8) is 0 Å². The zero-order chi connectivity index (χ0) is 13.5. The van der Waals surface area contributed by atoms with Crippen molar-refractivity contribution in [3.05, 3.63) is 28.8 Å². The molecule has 0 saturated carbocycles. The van der Waals surface area contributed by atoms with Crippen molar-refractivity contribution in [3.8, 4) is 0 Å². The quantitative estimate of drug-likeness (QED) is 0.563. The van der Waals surface area contributed by atoms with Crippen molar-refractivity contribution < 1.29 is 4.79 Å². The second-order valence-corrected chi connectivity index (χ2v) is 5.85. The summed E-state index contributed by atoms with van der Waals surface area (Å²) in [4.78, 5) is 15.3. The molecule has 0 radical (unpaired) electrons. The number of thioether (sulfide) groups is 1. The molecule has 0 unspecified atom stereocenters. The first-order valence-electron chi connectivity index (χ1n) is 5.82. The van der Waals surface area contributed by atoms with Crippen LogP contribution in [0.25, 0.3) is 0 Å². The maximum atomic E-state index is 12.4. The van der Waals surface area contributed by atoms with Gasteiger partial charge in [0, 0.05) is 23.3 Å². The van der Waals surface area contributed by atoms with E-state index in [1.54, 1.807) is 17.8 Å². The molecule has 0 fully saturated rings. The standard InChI is InChI=1S/C13H17BrClNOS/c1-3-16(8-4-7-14)13(17)11-9-10(18-2)5-6-12(11)15/h5-6,9H,3-4,7-8H2,1-2H3. The Morgan fingerprint density at radius 2 is 2.22 bits per heavy atom. The molecule has 0 aliphatic carbocycles. The van der Waals surface area contributed by atoms with Gasteiger partial charge in [0.05, 0.1) is 10.6 Å². The van der Waals surface area contributed by atoms with Gasteiger partial charge >= 0.3 is 0 Å². The van der Waals surface area contributed by atoms with Gasteiger partial charge < -0.3 is 4.90 Å². The Bertz CT molecular complexity index is 414. The minimum Gasteiger partial charge on any atom is -0.339 e. The first kappa shape index (κ1) is 15.9. The molecule has 0 bridgehead atoms. The third-order valence-corrected chi connectivity index (χ3v) is 4.25. The van der Waals surface area contributed by atoms with Gasteiger partial charge in [-0.15, -0.1) is 11.8 Å². The molecule has 1 rings (SSSR count). The van der Waals surface area contributed by atoms with E-state index in [0.717, 1.165) is 23.2 Å². The third kappa shape index (κ3) is 4.18. The van der Waals surface area contributed by atoms with Gasteiger partial charge in [-0.2, -0.15) is 0 Å². The molecule has 18 heavy (non-hydrogen) atoms. The average molecular weight is 351 g/mol. The van der Waals surface area contributed by atoms with E-state index in [-0.39, 0.29) is 5.91 Å². The number of carbonyl (C=O) groups excluding carboxylic acids is 1. The molecule has 0 atom stereocenters. The van der Waals surface area contributed by atoms with Gasteiger partial charge in [0.1, 0.15) is 0 Å². The minimum absolute atomic E-state index is 0.0133. The van der Waals surface area contributed by atoms with Crippen LogP contribution in [0.5, 0.6) is 0 Å². The summed E-state index contributed by atoms with van der Waals surface area (Å²) >= 11 is 11.1. The molecular weight excluding hydrogens is 334 g/mol. The first-order valence-corrected chi connectivity index (χ1v) is 8.55. The van der Waals surface area contributed by atoms with E-state index >= 15 is 0 Å². The zero-order valence-electron chi connectivity index (χ0n) is 10.6. The first-order chi connectivity index (χ1) is 8.63. The number of hydrogen-bond acceptors (Lipinski definition) is 2. The van der Waals surface area contributed by atoms with Crippen LogP contribution in [-0.2, 0) is 0 Å². The Balaban J connectivity index is 2.93. The molecule has 1 aromatic rings. The van der Waals surface area contributed by atoms with E-state index in [9.17, 15) is 4.79 Å². The molecule has 0 aliphatic heterocycles. The number of alkyl halides is 1. The largest absolute Gasteiger partial charge is 0.339 e. The SMILES string of the molecule is CCN(CCCBr)C(=O)c1cc(SC)ccc1Cl. The van der Waals surface area contributed by atoms with Gasteiger partial charge in [-0.25, -0.2) is 0 Å². The second kappa shape index (κ2) is 8.08. The van der Waals surface area contributed by atoms with Crippen LogP contribution in [0.2, 0.25) is 5.02 Å². The number of benzene rings is 1. The summed E-state index contributed by atoms with van der Waals surface area (Å²) in [6, 6.07) is 5.59. The highest BCUT2D eigenvalue weighted by molar-refractivity contribution is 9.09. The maximum absolute atomic E-state index is 12.4. The molecule has 5 heteroatoms. The Morgan fingerprint density at radius 3 is 2.78 bits per heavy atom. The third-order valence-electron chi connectivity index (χ3n) is 2.63. The van der Waals surface area contributed by atoms with Gasteiger partial charge in [0.15, 0.2) is 0 Å². The molecule has 100 valence electrons. The van der Waals surface area contributed by atoms with Crippen molar-refractivity contribution >= 4 is 45.2 Å². The predicted molar refractivity (Wildman–Crippen MR) is 83.2 cm³/mol. The van der Waals surface area contributed by atoms with Crippen LogP contribution >= 0.6 is 39.3 Å². The van der Waals surface area contributed by atoms with Crippen molar-refractivity contribution in [1.82, 2.24) is 4.90 Å². The highest BCUT2D eigenvalue weighted by Gasteiger charge is 2.17. The highest BCUT2D eigenvalue weighted by Crippen LogP contribution is 2.24. The van der Waals surface area contributed by atoms with Crippen molar-refractivity contribution in [2.75, 3.05) is 24.7 Å². The Hall–Kier alpha value is -0.190. The topological polar surface area (TPSA) is 20.3 Å². The molecule has 0 aliphatic rings. The maximum Gasteiger partial charge on any atom is 0.255 e. The molecule has 2 nitrogen and oxygen atoms in total. The number of hydrogen-bond donors (Lipinski definition) is 0. The van der Waals surface area contributed by atoms with Crippen molar-refractivity contribution in [2.45, 2.75) is 18.2 Å². The van der Waals surface area contributed by atoms with Crippen LogP contribution in [0.15, 0.2) is 23.1 Å². The zero-order valence-corrected chi connectivity index (χ0v) is 13.7. The van der Waals surface area contributed by atoms with E-state index in [1.165, 1.54) is 0 Å². The lowest BCUT2D eigenvalue weighted by atomic mass is 10.2. The van der Waals surface area contributed by atoms with Crippen molar-refractivity contribution in [2.24, 2.45) is 0 Å². The summed E-state index contributed by atoms with van der Waals surface area (Å²) < 4.78 is 0. The fourth-order valence-electron chi connectivity index (χ4n) is 1.62. The summed E-state index contributed by atoms with van der Waals surface area (Å²) in [5.74, 6) is 0.0133. The van der Waals surface area contributed by atoms with Gasteiger partial charge in [-0.1, -0.05) is 27.5 Å². The Kier molecular flexibility index (Phi) is 7.12. The van der Waals surface area contributed by atoms with E-state index < -0.39 is 0 Å². The average Bonchev–Trinajstić information content (AvgIpc) is 2.40. The summed E-state index contributed by atoms with van der Waals surface area (Å²) in [6.45, 7) is 3.44. The molecule has 1 amide bonds. The summed E-state index contributed by atoms with van der Waals surface area (Å²) in [6.07, 6.45) is 2.93. The second-order valence-electron chi connectivity index (χ2n) is 3.77. The van der Waals surface area contributed by atoms with Gasteiger partial charge in [0.2, 0.25) is 0 Å². The number of nitrogens with zero attached hydrogens (tertiary/aromatic N) is 1. The fourth-order valence-corrected chi connectivity index (χ4v) is 2.51. The van der Waals surface area contributed by atoms with Gasteiger partial charge in [-0.05, 0) is 37.8 Å². The van der Waals surface area contributed by atoms with Crippen LogP contribution in [0.3, 0.4) is 0 Å². The lowest BCUT2D eigenvalue weighted by Crippen LogP contribution is -2.32. The number of rotatable bonds is 6. The van der Waals surface area contributed by atoms with E-state index in [1.807, 2.05) is 30.2 Å². The number of halogens is 2. The molecular formula is C13H17BrClNOS. The smallest absolute Gasteiger partial charge is 0.255 e. The van der Waals surface area contributed by atoms with Crippen LogP contribution in [0, 0.1) is 0 Å². The molecule has 0 N–H and O–H groups in total. The van der Waals surface area contributed by atoms with Crippen LogP contribution in [-0.4, -0.2) is 35.5 Å². The predicted octanol–water partition coefficient (Wildman–Crippen LogP) is 4.31. The lowest BCUT2D eigenvalue weighted by Gasteiger charge is -2.21. The molecule has 0 spiro atoms. The Morgan fingerprint density at radius 1 is 1.50 bits per heavy atom. The summed E-state index contributed by atoms with van der Waals surface area (Å²) in [5, 5.41) is 1.42. The molecule has 1 aromatic carbocycles. The van der Waals surface area contributed by atoms with E-state index in [2.05, 4.69) is 15.9 Å². The van der Waals surface area contributed by atoms with Gasteiger partial charge in [-0.3, -0.25) is 4.79 Å². The van der Waals surface area contributed by atoms with E-state index in [0.29, 0.717) is 17.1 Å². The normalized spacial score (nSPS) is 10.4. The van der Waals surface area contributed by atoms with Gasteiger partial charge in [0.25, 0.3) is 5.91 Å². The van der Waals surface area contributed by atoms with Crippen molar-refractivity contribution in [1.29, 1.82) is 0 Å². The summed E-state index contributed by atoms with van der Waals surface area (Å²) in [7, 11) is 0. The molecule has 0 heterocycles. The monoisotopic (exact) mass is 349 g/mol. The van der Waals surface area contributed by atoms with Crippen LogP contribution in [0.4, 0.5) is 0 Å².